The highest BCUT2D eigenvalue weighted by Gasteiger charge is 2.29. The van der Waals surface area contributed by atoms with Crippen molar-refractivity contribution in [3.63, 3.8) is 0 Å². The van der Waals surface area contributed by atoms with Crippen LogP contribution in [0.5, 0.6) is 0 Å². The van der Waals surface area contributed by atoms with Crippen molar-refractivity contribution in [1.82, 2.24) is 4.90 Å². The van der Waals surface area contributed by atoms with Crippen molar-refractivity contribution in [2.24, 2.45) is 5.92 Å². The molecule has 1 heterocycles. The van der Waals surface area contributed by atoms with Gasteiger partial charge in [0.05, 0.1) is 11.5 Å². The van der Waals surface area contributed by atoms with E-state index < -0.39 is 11.9 Å². The Labute approximate surface area is 128 Å². The molecule has 0 unspecified atom stereocenters. The van der Waals surface area contributed by atoms with Crippen LogP contribution in [0, 0.1) is 5.92 Å². The average Bonchev–Trinajstić information content (AvgIpc) is 2.38. The SMILES string of the molecule is O=C(O)[C@H]1CCCN(C(=O)c2ccc(Br)cc2Br)C1. The van der Waals surface area contributed by atoms with Crippen LogP contribution < -0.4 is 0 Å². The molecule has 2 rings (SSSR count). The fraction of sp³-hybridized carbons (Fsp3) is 0.385. The average molecular weight is 391 g/mol. The van der Waals surface area contributed by atoms with Crippen LogP contribution in [0.4, 0.5) is 0 Å². The second-order valence-electron chi connectivity index (χ2n) is 4.55. The molecule has 0 saturated carbocycles. The number of likely N-dealkylation sites (tertiary alicyclic amines) is 1. The summed E-state index contributed by atoms with van der Waals surface area (Å²) in [6.45, 7) is 0.905. The number of rotatable bonds is 2. The normalized spacial score (nSPS) is 19.3. The second kappa shape index (κ2) is 6.05. The minimum absolute atomic E-state index is 0.120. The molecule has 102 valence electrons. The number of benzene rings is 1. The van der Waals surface area contributed by atoms with Gasteiger partial charge in [-0.1, -0.05) is 15.9 Å². The molecule has 0 aliphatic carbocycles. The highest BCUT2D eigenvalue weighted by molar-refractivity contribution is 9.11. The predicted octanol–water partition coefficient (Wildman–Crippen LogP) is 3.15. The lowest BCUT2D eigenvalue weighted by Crippen LogP contribution is -2.42. The molecule has 1 amide bonds. The molecule has 1 atom stereocenters. The van der Waals surface area contributed by atoms with E-state index in [1.807, 2.05) is 6.07 Å². The molecule has 0 spiro atoms. The first-order chi connectivity index (χ1) is 8.99. The van der Waals surface area contributed by atoms with Gasteiger partial charge in [-0.25, -0.2) is 0 Å². The number of nitrogens with zero attached hydrogens (tertiary/aromatic N) is 1. The van der Waals surface area contributed by atoms with E-state index in [9.17, 15) is 9.59 Å². The van der Waals surface area contributed by atoms with Gasteiger partial charge in [0.2, 0.25) is 0 Å². The van der Waals surface area contributed by atoms with E-state index in [0.717, 1.165) is 10.9 Å². The van der Waals surface area contributed by atoms with Crippen LogP contribution in [0.15, 0.2) is 27.1 Å². The maximum absolute atomic E-state index is 12.4. The minimum Gasteiger partial charge on any atom is -0.481 e. The fourth-order valence-corrected chi connectivity index (χ4v) is 3.41. The molecule has 1 aromatic rings. The molecular weight excluding hydrogens is 378 g/mol. The molecule has 1 aliphatic heterocycles. The van der Waals surface area contributed by atoms with E-state index in [1.165, 1.54) is 0 Å². The van der Waals surface area contributed by atoms with Crippen LogP contribution in [0.1, 0.15) is 23.2 Å². The Kier molecular flexibility index (Phi) is 4.62. The molecule has 19 heavy (non-hydrogen) atoms. The van der Waals surface area contributed by atoms with Gasteiger partial charge in [0.1, 0.15) is 0 Å². The Morgan fingerprint density at radius 3 is 2.68 bits per heavy atom. The van der Waals surface area contributed by atoms with Gasteiger partial charge in [-0.15, -0.1) is 0 Å². The van der Waals surface area contributed by atoms with Crippen LogP contribution in [0.3, 0.4) is 0 Å². The van der Waals surface area contributed by atoms with E-state index in [4.69, 9.17) is 5.11 Å². The molecule has 1 aromatic carbocycles. The summed E-state index contributed by atoms with van der Waals surface area (Å²) >= 11 is 6.70. The third-order valence-electron chi connectivity index (χ3n) is 3.22. The Morgan fingerprint density at radius 1 is 1.32 bits per heavy atom. The van der Waals surface area contributed by atoms with Gasteiger partial charge in [-0.2, -0.15) is 0 Å². The maximum atomic E-state index is 12.4. The molecule has 0 bridgehead atoms. The topological polar surface area (TPSA) is 57.6 Å². The molecule has 4 nitrogen and oxygen atoms in total. The summed E-state index contributed by atoms with van der Waals surface area (Å²) in [5.41, 5.74) is 0.564. The highest BCUT2D eigenvalue weighted by atomic mass is 79.9. The van der Waals surface area contributed by atoms with Gasteiger partial charge in [0.25, 0.3) is 5.91 Å². The summed E-state index contributed by atoms with van der Waals surface area (Å²) in [6, 6.07) is 5.35. The number of halogens is 2. The molecule has 1 saturated heterocycles. The zero-order valence-corrected chi connectivity index (χ0v) is 13.3. The monoisotopic (exact) mass is 389 g/mol. The lowest BCUT2D eigenvalue weighted by molar-refractivity contribution is -0.143. The number of carboxylic acid groups (broad SMARTS) is 1. The van der Waals surface area contributed by atoms with Crippen molar-refractivity contribution in [3.05, 3.63) is 32.7 Å². The van der Waals surface area contributed by atoms with Crippen molar-refractivity contribution in [2.75, 3.05) is 13.1 Å². The summed E-state index contributed by atoms with van der Waals surface area (Å²) in [7, 11) is 0. The maximum Gasteiger partial charge on any atom is 0.308 e. The quantitative estimate of drug-likeness (QED) is 0.843. The van der Waals surface area contributed by atoms with Crippen LogP contribution in [-0.2, 0) is 4.79 Å². The van der Waals surface area contributed by atoms with Crippen molar-refractivity contribution in [2.45, 2.75) is 12.8 Å². The van der Waals surface area contributed by atoms with E-state index >= 15 is 0 Å². The second-order valence-corrected chi connectivity index (χ2v) is 6.32. The van der Waals surface area contributed by atoms with Gasteiger partial charge in [-0.3, -0.25) is 9.59 Å². The lowest BCUT2D eigenvalue weighted by Gasteiger charge is -2.31. The van der Waals surface area contributed by atoms with E-state index in [-0.39, 0.29) is 12.5 Å². The smallest absolute Gasteiger partial charge is 0.308 e. The number of piperidine rings is 1. The third-order valence-corrected chi connectivity index (χ3v) is 4.37. The van der Waals surface area contributed by atoms with Crippen molar-refractivity contribution in [1.29, 1.82) is 0 Å². The van der Waals surface area contributed by atoms with E-state index in [2.05, 4.69) is 31.9 Å². The Hall–Kier alpha value is -0.880. The highest BCUT2D eigenvalue weighted by Crippen LogP contribution is 2.25. The molecule has 1 aliphatic rings. The number of carbonyl (C=O) groups is 2. The number of amides is 1. The zero-order valence-electron chi connectivity index (χ0n) is 10.1. The Morgan fingerprint density at radius 2 is 2.05 bits per heavy atom. The van der Waals surface area contributed by atoms with Crippen LogP contribution in [-0.4, -0.2) is 35.0 Å². The third kappa shape index (κ3) is 3.36. The first kappa shape index (κ1) is 14.5. The largest absolute Gasteiger partial charge is 0.481 e. The van der Waals surface area contributed by atoms with Gasteiger partial charge in [0, 0.05) is 22.0 Å². The van der Waals surface area contributed by atoms with Gasteiger partial charge in [0.15, 0.2) is 0 Å². The number of aliphatic carboxylic acids is 1. The molecule has 1 fully saturated rings. The number of hydrogen-bond donors (Lipinski definition) is 1. The zero-order chi connectivity index (χ0) is 14.0. The number of hydrogen-bond acceptors (Lipinski definition) is 2. The van der Waals surface area contributed by atoms with Gasteiger partial charge >= 0.3 is 5.97 Å². The van der Waals surface area contributed by atoms with Crippen LogP contribution in [0.25, 0.3) is 0 Å². The molecule has 6 heteroatoms. The minimum atomic E-state index is -0.827. The predicted molar refractivity (Wildman–Crippen MR) is 78.1 cm³/mol. The van der Waals surface area contributed by atoms with Gasteiger partial charge in [-0.05, 0) is 47.0 Å². The molecule has 1 N–H and O–H groups in total. The Bertz CT molecular complexity index is 519. The summed E-state index contributed by atoms with van der Waals surface area (Å²) < 4.78 is 1.60. The Balaban J connectivity index is 2.17. The van der Waals surface area contributed by atoms with Crippen molar-refractivity contribution < 1.29 is 14.7 Å². The summed E-state index contributed by atoms with van der Waals surface area (Å²) in [5.74, 6) is -1.40. The fourth-order valence-electron chi connectivity index (χ4n) is 2.20. The first-order valence-corrected chi connectivity index (χ1v) is 7.55. The summed E-state index contributed by atoms with van der Waals surface area (Å²) in [5, 5.41) is 9.05. The summed E-state index contributed by atoms with van der Waals surface area (Å²) in [6.07, 6.45) is 1.37. The lowest BCUT2D eigenvalue weighted by atomic mass is 9.97. The number of carbonyl (C=O) groups excluding carboxylic acids is 1. The van der Waals surface area contributed by atoms with E-state index in [0.29, 0.717) is 23.0 Å². The molecular formula is C13H13Br2NO3. The van der Waals surface area contributed by atoms with Crippen molar-refractivity contribution >= 4 is 43.7 Å². The first-order valence-electron chi connectivity index (χ1n) is 5.96. The van der Waals surface area contributed by atoms with E-state index in [1.54, 1.807) is 17.0 Å². The molecule has 0 radical (unpaired) electrons. The van der Waals surface area contributed by atoms with Crippen LogP contribution >= 0.6 is 31.9 Å². The van der Waals surface area contributed by atoms with Crippen LogP contribution in [0.2, 0.25) is 0 Å². The summed E-state index contributed by atoms with van der Waals surface area (Å²) in [4.78, 5) is 25.0. The molecule has 0 aromatic heterocycles. The standard InChI is InChI=1S/C13H13Br2NO3/c14-9-3-4-10(11(15)6-9)12(17)16-5-1-2-8(7-16)13(18)19/h3-4,6,8H,1-2,5,7H2,(H,18,19)/t8-/m0/s1. The van der Waals surface area contributed by atoms with Gasteiger partial charge < -0.3 is 10.0 Å². The number of carboxylic acids is 1. The van der Waals surface area contributed by atoms with Crippen molar-refractivity contribution in [3.8, 4) is 0 Å².